The Morgan fingerprint density at radius 3 is 1.70 bits per heavy atom. The van der Waals surface area contributed by atoms with E-state index in [0.717, 1.165) is 5.23 Å². The molecule has 0 radical (unpaired) electrons. The molecule has 0 N–H and O–H groups in total. The molecule has 0 saturated carbocycles. The average molecular weight is 151 g/mol. The van der Waals surface area contributed by atoms with Gasteiger partial charge in [0.15, 0.2) is 0 Å². The van der Waals surface area contributed by atoms with Gasteiger partial charge in [0.25, 0.3) is 0 Å². The van der Waals surface area contributed by atoms with Crippen LogP contribution in [0.25, 0.3) is 0 Å². The van der Waals surface area contributed by atoms with Crippen LogP contribution in [0, 0.1) is 0 Å². The summed E-state index contributed by atoms with van der Waals surface area (Å²) in [6, 6.07) is 0. The summed E-state index contributed by atoms with van der Waals surface area (Å²) < 4.78 is 0. The van der Waals surface area contributed by atoms with E-state index in [9.17, 15) is 0 Å². The van der Waals surface area contributed by atoms with Crippen LogP contribution in [0.1, 0.15) is 13.8 Å². The fraction of sp³-hybridized carbons (Fsp3) is 1.00. The van der Waals surface area contributed by atoms with Crippen molar-refractivity contribution in [2.75, 3.05) is 20.3 Å². The SMILES string of the molecule is CCOON(C)OOCC. The van der Waals surface area contributed by atoms with Crippen molar-refractivity contribution < 1.29 is 19.8 Å². The summed E-state index contributed by atoms with van der Waals surface area (Å²) >= 11 is 0. The first-order valence-electron chi connectivity index (χ1n) is 3.14. The second-order valence-corrected chi connectivity index (χ2v) is 1.40. The normalized spacial score (nSPS) is 10.8. The molecule has 0 spiro atoms. The van der Waals surface area contributed by atoms with Gasteiger partial charge in [-0.25, -0.2) is 9.78 Å². The fourth-order valence-electron chi connectivity index (χ4n) is 0.266. The highest BCUT2D eigenvalue weighted by molar-refractivity contribution is 3.94. The van der Waals surface area contributed by atoms with Gasteiger partial charge in [0.05, 0.1) is 13.2 Å². The van der Waals surface area contributed by atoms with Crippen molar-refractivity contribution in [1.82, 2.24) is 5.23 Å². The predicted molar refractivity (Wildman–Crippen MR) is 33.2 cm³/mol. The summed E-state index contributed by atoms with van der Waals surface area (Å²) in [5.41, 5.74) is 0. The molecule has 0 unspecified atom stereocenters. The van der Waals surface area contributed by atoms with Crippen LogP contribution in [0.15, 0.2) is 0 Å². The zero-order valence-corrected chi connectivity index (χ0v) is 6.49. The van der Waals surface area contributed by atoms with E-state index < -0.39 is 0 Å². The first-order valence-corrected chi connectivity index (χ1v) is 3.14. The molecule has 10 heavy (non-hydrogen) atoms. The van der Waals surface area contributed by atoms with Gasteiger partial charge in [-0.1, -0.05) is 0 Å². The molecular formula is C5H13NO4. The van der Waals surface area contributed by atoms with Crippen LogP contribution in [0.4, 0.5) is 0 Å². The van der Waals surface area contributed by atoms with Gasteiger partial charge in [-0.15, -0.1) is 9.98 Å². The molecule has 0 aliphatic carbocycles. The number of hydrogen-bond acceptors (Lipinski definition) is 5. The maximum Gasteiger partial charge on any atom is 0.0815 e. The molecule has 0 aromatic carbocycles. The zero-order valence-electron chi connectivity index (χ0n) is 6.49. The van der Waals surface area contributed by atoms with E-state index in [1.165, 1.54) is 7.05 Å². The first kappa shape index (κ1) is 9.80. The van der Waals surface area contributed by atoms with Crippen LogP contribution in [-0.4, -0.2) is 25.5 Å². The zero-order chi connectivity index (χ0) is 7.82. The highest BCUT2D eigenvalue weighted by atomic mass is 17.4. The van der Waals surface area contributed by atoms with Crippen molar-refractivity contribution in [1.29, 1.82) is 0 Å². The third-order valence-corrected chi connectivity index (χ3v) is 0.551. The van der Waals surface area contributed by atoms with Crippen molar-refractivity contribution >= 4 is 0 Å². The highest BCUT2D eigenvalue weighted by Crippen LogP contribution is 1.88. The lowest BCUT2D eigenvalue weighted by molar-refractivity contribution is -0.593. The smallest absolute Gasteiger partial charge is 0.0815 e. The molecule has 0 rings (SSSR count). The van der Waals surface area contributed by atoms with Crippen LogP contribution >= 0.6 is 0 Å². The molecule has 0 fully saturated rings. The van der Waals surface area contributed by atoms with Crippen LogP contribution in [0.5, 0.6) is 0 Å². The van der Waals surface area contributed by atoms with E-state index in [2.05, 4.69) is 19.8 Å². The van der Waals surface area contributed by atoms with Crippen molar-refractivity contribution in [2.24, 2.45) is 0 Å². The Balaban J connectivity index is 3.00. The van der Waals surface area contributed by atoms with Crippen LogP contribution in [0.2, 0.25) is 0 Å². The maximum absolute atomic E-state index is 4.51. The third-order valence-electron chi connectivity index (χ3n) is 0.551. The fourth-order valence-corrected chi connectivity index (χ4v) is 0.266. The quantitative estimate of drug-likeness (QED) is 0.412. The first-order chi connectivity index (χ1) is 4.81. The Labute approximate surface area is 60.2 Å². The molecule has 0 aliphatic heterocycles. The molecule has 0 amide bonds. The Bertz CT molecular complexity index is 62.7. The molecule has 0 aromatic heterocycles. The average Bonchev–Trinajstić information content (AvgIpc) is 1.97. The summed E-state index contributed by atoms with van der Waals surface area (Å²) in [5.74, 6) is 0. The standard InChI is InChI=1S/C5H13NO4/c1-4-7-9-6(3)10-8-5-2/h4-5H2,1-3H3. The second-order valence-electron chi connectivity index (χ2n) is 1.40. The van der Waals surface area contributed by atoms with Crippen LogP contribution in [0.3, 0.4) is 0 Å². The molecule has 0 bridgehead atoms. The molecule has 0 saturated heterocycles. The molecule has 62 valence electrons. The van der Waals surface area contributed by atoms with E-state index in [-0.39, 0.29) is 0 Å². The van der Waals surface area contributed by atoms with Gasteiger partial charge in [-0.3, -0.25) is 0 Å². The van der Waals surface area contributed by atoms with E-state index in [0.29, 0.717) is 13.2 Å². The largest absolute Gasteiger partial charge is 0.216 e. The van der Waals surface area contributed by atoms with Crippen molar-refractivity contribution in [3.63, 3.8) is 0 Å². The summed E-state index contributed by atoms with van der Waals surface area (Å²) in [7, 11) is 1.52. The van der Waals surface area contributed by atoms with Crippen molar-refractivity contribution in [3.05, 3.63) is 0 Å². The number of nitrogens with zero attached hydrogens (tertiary/aromatic N) is 1. The number of hydroxylamine groups is 2. The van der Waals surface area contributed by atoms with Crippen LogP contribution < -0.4 is 0 Å². The maximum atomic E-state index is 4.51. The predicted octanol–water partition coefficient (Wildman–Crippen LogP) is 0.684. The monoisotopic (exact) mass is 151 g/mol. The van der Waals surface area contributed by atoms with E-state index in [4.69, 9.17) is 0 Å². The topological polar surface area (TPSA) is 40.2 Å². The van der Waals surface area contributed by atoms with Gasteiger partial charge in [-0.05, 0) is 19.1 Å². The van der Waals surface area contributed by atoms with Crippen molar-refractivity contribution in [2.45, 2.75) is 13.8 Å². The summed E-state index contributed by atoms with van der Waals surface area (Å²) in [4.78, 5) is 18.0. The Kier molecular flexibility index (Phi) is 6.78. The van der Waals surface area contributed by atoms with Gasteiger partial charge in [0.1, 0.15) is 0 Å². The lowest BCUT2D eigenvalue weighted by Gasteiger charge is -2.10. The lowest BCUT2D eigenvalue weighted by Crippen LogP contribution is -2.19. The number of rotatable bonds is 6. The minimum Gasteiger partial charge on any atom is -0.216 e. The molecule has 5 nitrogen and oxygen atoms in total. The number of hydrogen-bond donors (Lipinski definition) is 0. The minimum atomic E-state index is 0.458. The molecule has 0 atom stereocenters. The molecule has 0 heterocycles. The lowest BCUT2D eigenvalue weighted by atomic mass is 10.9. The Hall–Kier alpha value is -0.200. The molecular weight excluding hydrogens is 138 g/mol. The van der Waals surface area contributed by atoms with Gasteiger partial charge in [0.2, 0.25) is 0 Å². The summed E-state index contributed by atoms with van der Waals surface area (Å²) in [6.45, 7) is 4.52. The van der Waals surface area contributed by atoms with E-state index in [1.54, 1.807) is 13.8 Å². The van der Waals surface area contributed by atoms with Gasteiger partial charge in [-0.2, -0.15) is 0 Å². The summed E-state index contributed by atoms with van der Waals surface area (Å²) in [5, 5.41) is 0.979. The van der Waals surface area contributed by atoms with Crippen molar-refractivity contribution in [3.8, 4) is 0 Å². The van der Waals surface area contributed by atoms with Gasteiger partial charge in [0, 0.05) is 7.05 Å². The van der Waals surface area contributed by atoms with Gasteiger partial charge < -0.3 is 0 Å². The van der Waals surface area contributed by atoms with E-state index >= 15 is 0 Å². The second kappa shape index (κ2) is 6.91. The van der Waals surface area contributed by atoms with Gasteiger partial charge >= 0.3 is 0 Å². The minimum absolute atomic E-state index is 0.458. The van der Waals surface area contributed by atoms with E-state index in [1.807, 2.05) is 0 Å². The van der Waals surface area contributed by atoms with Crippen LogP contribution in [-0.2, 0) is 19.8 Å². The summed E-state index contributed by atoms with van der Waals surface area (Å²) in [6.07, 6.45) is 0. The third kappa shape index (κ3) is 5.93. The molecule has 0 aliphatic rings. The molecule has 5 heteroatoms. The molecule has 0 aromatic rings. The Morgan fingerprint density at radius 1 is 1.00 bits per heavy atom. The highest BCUT2D eigenvalue weighted by Gasteiger charge is 1.97. The Morgan fingerprint density at radius 2 is 1.40 bits per heavy atom.